The Labute approximate surface area is 130 Å². The zero-order valence-corrected chi connectivity index (χ0v) is 13.5. The van der Waals surface area contributed by atoms with Crippen LogP contribution < -0.4 is 0 Å². The maximum atomic E-state index is 11.7. The molecule has 1 unspecified atom stereocenters. The molecule has 2 aromatic rings. The predicted octanol–water partition coefficient (Wildman–Crippen LogP) is 0.624. The summed E-state index contributed by atoms with van der Waals surface area (Å²) in [5.74, 6) is 0.425. The Bertz CT molecular complexity index is 769. The number of aryl methyl sites for hydroxylation is 1. The summed E-state index contributed by atoms with van der Waals surface area (Å²) in [4.78, 5) is 6.49. The Kier molecular flexibility index (Phi) is 4.20. The summed E-state index contributed by atoms with van der Waals surface area (Å²) in [6.45, 7) is 3.10. The van der Waals surface area contributed by atoms with Gasteiger partial charge >= 0.3 is 0 Å². The molecule has 0 aromatic carbocycles. The van der Waals surface area contributed by atoms with Gasteiger partial charge in [-0.15, -0.1) is 0 Å². The Morgan fingerprint density at radius 2 is 2.32 bits per heavy atom. The van der Waals surface area contributed by atoms with Crippen LogP contribution in [0, 0.1) is 6.92 Å². The third-order valence-electron chi connectivity index (χ3n) is 4.28. The fourth-order valence-electron chi connectivity index (χ4n) is 3.11. The van der Waals surface area contributed by atoms with Gasteiger partial charge in [-0.2, -0.15) is 0 Å². The molecule has 3 heterocycles. The van der Waals surface area contributed by atoms with Crippen molar-refractivity contribution < 1.29 is 13.5 Å². The molecule has 1 N–H and O–H groups in total. The number of hydrogen-bond acceptors (Lipinski definition) is 5. The first-order valence-corrected chi connectivity index (χ1v) is 9.29. The molecule has 0 bridgehead atoms. The van der Waals surface area contributed by atoms with Gasteiger partial charge in [-0.25, -0.2) is 13.4 Å². The van der Waals surface area contributed by atoms with E-state index in [0.29, 0.717) is 19.5 Å². The third kappa shape index (κ3) is 3.02. The van der Waals surface area contributed by atoms with Crippen LogP contribution in [0.25, 0.3) is 5.65 Å². The summed E-state index contributed by atoms with van der Waals surface area (Å²) in [6, 6.07) is 3.97. The lowest BCUT2D eigenvalue weighted by molar-refractivity contribution is 0.152. The molecule has 120 valence electrons. The van der Waals surface area contributed by atoms with E-state index < -0.39 is 9.84 Å². The number of fused-ring (bicyclic) bond motifs is 1. The molecular weight excluding hydrogens is 302 g/mol. The summed E-state index contributed by atoms with van der Waals surface area (Å²) in [5.41, 5.74) is 3.03. The maximum Gasteiger partial charge on any atom is 0.151 e. The third-order valence-corrected chi connectivity index (χ3v) is 6.03. The van der Waals surface area contributed by atoms with E-state index >= 15 is 0 Å². The molecule has 0 aliphatic carbocycles. The minimum absolute atomic E-state index is 0.0202. The van der Waals surface area contributed by atoms with Crippen LogP contribution in [-0.2, 0) is 16.4 Å². The number of aliphatic hydroxyl groups is 1. The molecule has 6 nitrogen and oxygen atoms in total. The van der Waals surface area contributed by atoms with Crippen LogP contribution in [0.2, 0.25) is 0 Å². The lowest BCUT2D eigenvalue weighted by Crippen LogP contribution is -2.38. The number of sulfone groups is 1. The molecule has 22 heavy (non-hydrogen) atoms. The summed E-state index contributed by atoms with van der Waals surface area (Å²) in [7, 11) is -2.93. The van der Waals surface area contributed by atoms with E-state index in [1.165, 1.54) is 0 Å². The molecule has 1 saturated heterocycles. The number of nitrogens with zero attached hydrogens (tertiary/aromatic N) is 3. The van der Waals surface area contributed by atoms with E-state index in [9.17, 15) is 13.5 Å². The van der Waals surface area contributed by atoms with Gasteiger partial charge in [0.1, 0.15) is 5.65 Å². The molecule has 7 heteroatoms. The highest BCUT2D eigenvalue weighted by molar-refractivity contribution is 7.91. The van der Waals surface area contributed by atoms with E-state index in [1.54, 1.807) is 0 Å². The van der Waals surface area contributed by atoms with Gasteiger partial charge in [0.05, 0.1) is 30.0 Å². The number of pyridine rings is 1. The maximum absolute atomic E-state index is 11.7. The van der Waals surface area contributed by atoms with Crippen molar-refractivity contribution in [1.29, 1.82) is 0 Å². The van der Waals surface area contributed by atoms with Crippen LogP contribution >= 0.6 is 0 Å². The molecule has 3 rings (SSSR count). The van der Waals surface area contributed by atoms with Crippen LogP contribution in [0.15, 0.2) is 24.5 Å². The summed E-state index contributed by atoms with van der Waals surface area (Å²) in [5, 5.41) is 9.30. The Morgan fingerprint density at radius 1 is 1.50 bits per heavy atom. The number of imidazole rings is 1. The van der Waals surface area contributed by atoms with Crippen molar-refractivity contribution in [3.63, 3.8) is 0 Å². The summed E-state index contributed by atoms with van der Waals surface area (Å²) in [6.07, 6.45) is 4.43. The van der Waals surface area contributed by atoms with E-state index in [-0.39, 0.29) is 24.2 Å². The van der Waals surface area contributed by atoms with Crippen molar-refractivity contribution in [1.82, 2.24) is 14.3 Å². The lowest BCUT2D eigenvalue weighted by atomic mass is 10.2. The average Bonchev–Trinajstić information content (AvgIpc) is 3.03. The Balaban J connectivity index is 1.85. The van der Waals surface area contributed by atoms with E-state index in [4.69, 9.17) is 0 Å². The van der Waals surface area contributed by atoms with Gasteiger partial charge in [0.2, 0.25) is 0 Å². The van der Waals surface area contributed by atoms with Gasteiger partial charge in [-0.05, 0) is 25.0 Å². The number of aromatic nitrogens is 2. The first kappa shape index (κ1) is 15.5. The highest BCUT2D eigenvalue weighted by Crippen LogP contribution is 2.20. The molecule has 0 spiro atoms. The van der Waals surface area contributed by atoms with Gasteiger partial charge in [-0.3, -0.25) is 4.90 Å². The van der Waals surface area contributed by atoms with Crippen LogP contribution in [0.1, 0.15) is 17.7 Å². The van der Waals surface area contributed by atoms with Gasteiger partial charge in [0.25, 0.3) is 0 Å². The highest BCUT2D eigenvalue weighted by atomic mass is 32.2. The van der Waals surface area contributed by atoms with E-state index in [0.717, 1.165) is 16.9 Å². The molecule has 1 fully saturated rings. The normalized spacial score (nSPS) is 21.0. The molecule has 0 radical (unpaired) electrons. The van der Waals surface area contributed by atoms with Crippen molar-refractivity contribution in [2.24, 2.45) is 0 Å². The predicted molar refractivity (Wildman–Crippen MR) is 84.5 cm³/mol. The quantitative estimate of drug-likeness (QED) is 0.873. The summed E-state index contributed by atoms with van der Waals surface area (Å²) >= 11 is 0. The van der Waals surface area contributed by atoms with Crippen LogP contribution in [0.4, 0.5) is 0 Å². The summed E-state index contributed by atoms with van der Waals surface area (Å²) < 4.78 is 25.4. The van der Waals surface area contributed by atoms with Gasteiger partial charge in [0, 0.05) is 25.3 Å². The standard InChI is InChI=1S/C15H21N3O3S/c1-12-3-2-5-18-14(9-16-15(12)18)10-17(6-7-19)13-4-8-22(20,21)11-13/h2-3,5,9,13,19H,4,6-8,10-11H2,1H3. The van der Waals surface area contributed by atoms with Crippen molar-refractivity contribution >= 4 is 15.5 Å². The van der Waals surface area contributed by atoms with Gasteiger partial charge < -0.3 is 9.51 Å². The fourth-order valence-corrected chi connectivity index (χ4v) is 4.87. The monoisotopic (exact) mass is 323 g/mol. The lowest BCUT2D eigenvalue weighted by Gasteiger charge is -2.26. The van der Waals surface area contributed by atoms with Crippen molar-refractivity contribution in [3.8, 4) is 0 Å². The second-order valence-corrected chi connectivity index (χ2v) is 8.11. The molecule has 1 aliphatic rings. The highest BCUT2D eigenvalue weighted by Gasteiger charge is 2.32. The van der Waals surface area contributed by atoms with Gasteiger partial charge in [0.15, 0.2) is 9.84 Å². The minimum atomic E-state index is -2.93. The Morgan fingerprint density at radius 3 is 3.00 bits per heavy atom. The van der Waals surface area contributed by atoms with E-state index in [2.05, 4.69) is 9.88 Å². The van der Waals surface area contributed by atoms with Crippen molar-refractivity contribution in [2.45, 2.75) is 25.9 Å². The number of hydrogen-bond donors (Lipinski definition) is 1. The van der Waals surface area contributed by atoms with Crippen LogP contribution in [0.5, 0.6) is 0 Å². The number of aliphatic hydroxyl groups excluding tert-OH is 1. The zero-order valence-electron chi connectivity index (χ0n) is 12.6. The second-order valence-electron chi connectivity index (χ2n) is 5.89. The smallest absolute Gasteiger partial charge is 0.151 e. The van der Waals surface area contributed by atoms with E-state index in [1.807, 2.05) is 35.9 Å². The first-order chi connectivity index (χ1) is 10.5. The SMILES string of the molecule is Cc1cccn2c(CN(CCO)C3CCS(=O)(=O)C3)cnc12. The molecule has 0 saturated carbocycles. The molecule has 0 amide bonds. The average molecular weight is 323 g/mol. The molecule has 2 aromatic heterocycles. The zero-order chi connectivity index (χ0) is 15.7. The number of rotatable bonds is 5. The second kappa shape index (κ2) is 5.98. The topological polar surface area (TPSA) is 74.9 Å². The van der Waals surface area contributed by atoms with Crippen molar-refractivity contribution in [2.75, 3.05) is 24.7 Å². The van der Waals surface area contributed by atoms with Crippen LogP contribution in [-0.4, -0.2) is 58.5 Å². The first-order valence-electron chi connectivity index (χ1n) is 7.47. The largest absolute Gasteiger partial charge is 0.395 e. The minimum Gasteiger partial charge on any atom is -0.395 e. The fraction of sp³-hybridized carbons (Fsp3) is 0.533. The molecule has 1 atom stereocenters. The Hall–Kier alpha value is -1.44. The molecule has 1 aliphatic heterocycles. The van der Waals surface area contributed by atoms with Crippen LogP contribution in [0.3, 0.4) is 0 Å². The molecular formula is C15H21N3O3S. The van der Waals surface area contributed by atoms with Gasteiger partial charge in [-0.1, -0.05) is 6.07 Å². The van der Waals surface area contributed by atoms with Crippen molar-refractivity contribution in [3.05, 3.63) is 35.8 Å².